The Kier molecular flexibility index (Phi) is 5.72. The van der Waals surface area contributed by atoms with Crippen molar-refractivity contribution in [1.29, 1.82) is 0 Å². The fraction of sp³-hybridized carbons (Fsp3) is 0.368. The van der Waals surface area contributed by atoms with Crippen molar-refractivity contribution in [3.63, 3.8) is 0 Å². The zero-order valence-electron chi connectivity index (χ0n) is 16.1. The van der Waals surface area contributed by atoms with Crippen molar-refractivity contribution >= 4 is 40.5 Å². The second kappa shape index (κ2) is 8.29. The fourth-order valence-electron chi connectivity index (χ4n) is 3.89. The molecule has 3 aromatic rings. The van der Waals surface area contributed by atoms with Gasteiger partial charge in [-0.25, -0.2) is 19.7 Å². The molecular formula is C19H19ClN4O5S. The number of hydrogen-bond donors (Lipinski definition) is 2. The highest BCUT2D eigenvalue weighted by Crippen LogP contribution is 2.56. The van der Waals surface area contributed by atoms with Crippen LogP contribution in [0, 0.1) is 0 Å². The molecule has 4 rings (SSSR count). The molecule has 1 aromatic carbocycles. The molecule has 0 aliphatic carbocycles. The van der Waals surface area contributed by atoms with Gasteiger partial charge in [-0.15, -0.1) is 11.8 Å². The maximum Gasteiger partial charge on any atom is 0.339 e. The van der Waals surface area contributed by atoms with Crippen molar-refractivity contribution in [2.24, 2.45) is 0 Å². The zero-order valence-corrected chi connectivity index (χ0v) is 17.7. The van der Waals surface area contributed by atoms with E-state index < -0.39 is 5.97 Å². The quantitative estimate of drug-likeness (QED) is 0.546. The smallest absolute Gasteiger partial charge is 0.339 e. The average molecular weight is 451 g/mol. The fourth-order valence-corrected chi connectivity index (χ4v) is 5.59. The predicted molar refractivity (Wildman–Crippen MR) is 112 cm³/mol. The number of thioether (sulfide) groups is 1. The molecule has 9 nitrogen and oxygen atoms in total. The Morgan fingerprint density at radius 2 is 2.10 bits per heavy atom. The van der Waals surface area contributed by atoms with Crippen LogP contribution in [0.2, 0.25) is 5.15 Å². The van der Waals surface area contributed by atoms with Crippen LogP contribution >= 0.6 is 23.4 Å². The van der Waals surface area contributed by atoms with Crippen molar-refractivity contribution in [3.05, 3.63) is 41.1 Å². The number of halogens is 1. The first-order valence-corrected chi connectivity index (χ1v) is 10.4. The maximum atomic E-state index is 11.8. The van der Waals surface area contributed by atoms with E-state index >= 15 is 0 Å². The summed E-state index contributed by atoms with van der Waals surface area (Å²) in [5.41, 5.74) is 1.72. The van der Waals surface area contributed by atoms with E-state index in [0.29, 0.717) is 28.9 Å². The summed E-state index contributed by atoms with van der Waals surface area (Å²) in [6, 6.07) is 3.09. The van der Waals surface area contributed by atoms with Crippen molar-refractivity contribution in [2.75, 3.05) is 20.8 Å². The summed E-state index contributed by atoms with van der Waals surface area (Å²) in [5, 5.41) is 19.4. The van der Waals surface area contributed by atoms with E-state index in [1.165, 1.54) is 26.6 Å². The Morgan fingerprint density at radius 3 is 2.77 bits per heavy atom. The number of benzene rings is 1. The first kappa shape index (κ1) is 20.7. The molecule has 0 spiro atoms. The van der Waals surface area contributed by atoms with Crippen LogP contribution in [0.5, 0.6) is 11.5 Å². The summed E-state index contributed by atoms with van der Waals surface area (Å²) in [6.45, 7) is -0.0245. The third-order valence-electron chi connectivity index (χ3n) is 5.17. The Labute approximate surface area is 181 Å². The van der Waals surface area contributed by atoms with Gasteiger partial charge in [0.2, 0.25) is 0 Å². The molecule has 0 bridgehead atoms. The molecule has 158 valence electrons. The summed E-state index contributed by atoms with van der Waals surface area (Å²) in [6.07, 6.45) is 3.59. The summed E-state index contributed by atoms with van der Waals surface area (Å²) in [5.74, 6) is -0.567. The minimum atomic E-state index is -1.09. The first-order chi connectivity index (χ1) is 14.5. The molecule has 30 heavy (non-hydrogen) atoms. The molecule has 1 saturated heterocycles. The molecule has 0 saturated carbocycles. The summed E-state index contributed by atoms with van der Waals surface area (Å²) in [4.78, 5) is 24.4. The van der Waals surface area contributed by atoms with E-state index in [0.717, 1.165) is 0 Å². The minimum absolute atomic E-state index is 0.0245. The average Bonchev–Trinajstić information content (AvgIpc) is 3.36. The van der Waals surface area contributed by atoms with Gasteiger partial charge in [0.05, 0.1) is 32.5 Å². The van der Waals surface area contributed by atoms with Gasteiger partial charge in [-0.1, -0.05) is 11.6 Å². The lowest BCUT2D eigenvalue weighted by atomic mass is 9.90. The Balaban J connectivity index is 1.91. The van der Waals surface area contributed by atoms with E-state index in [1.807, 2.05) is 4.57 Å². The maximum absolute atomic E-state index is 11.8. The predicted octanol–water partition coefficient (Wildman–Crippen LogP) is 2.98. The van der Waals surface area contributed by atoms with Crippen LogP contribution in [-0.2, 0) is 0 Å². The van der Waals surface area contributed by atoms with Crippen LogP contribution in [0.1, 0.15) is 33.6 Å². The number of aliphatic hydroxyl groups is 1. The second-order valence-corrected chi connectivity index (χ2v) is 8.51. The van der Waals surface area contributed by atoms with Crippen LogP contribution in [0.3, 0.4) is 0 Å². The van der Waals surface area contributed by atoms with Gasteiger partial charge in [0.25, 0.3) is 0 Å². The molecule has 0 unspecified atom stereocenters. The molecule has 1 aliphatic heterocycles. The Morgan fingerprint density at radius 1 is 1.30 bits per heavy atom. The lowest BCUT2D eigenvalue weighted by Gasteiger charge is -2.25. The van der Waals surface area contributed by atoms with Crippen LogP contribution in [0.15, 0.2) is 24.8 Å². The summed E-state index contributed by atoms with van der Waals surface area (Å²) in [7, 11) is 2.96. The molecular weight excluding hydrogens is 432 g/mol. The lowest BCUT2D eigenvalue weighted by molar-refractivity contribution is 0.0693. The molecule has 1 aliphatic rings. The number of methoxy groups -OCH3 is 2. The Bertz CT molecular complexity index is 1110. The van der Waals surface area contributed by atoms with Gasteiger partial charge in [0, 0.05) is 16.7 Å². The zero-order chi connectivity index (χ0) is 21.4. The van der Waals surface area contributed by atoms with Gasteiger partial charge < -0.3 is 24.3 Å². The molecule has 0 radical (unpaired) electrons. The molecule has 11 heteroatoms. The van der Waals surface area contributed by atoms with Gasteiger partial charge in [-0.2, -0.15) is 0 Å². The van der Waals surface area contributed by atoms with E-state index in [1.54, 1.807) is 24.2 Å². The number of fused-ring (bicyclic) bond motifs is 1. The van der Waals surface area contributed by atoms with Crippen molar-refractivity contribution < 1.29 is 24.5 Å². The third kappa shape index (κ3) is 3.34. The number of carboxylic acids is 1. The third-order valence-corrected chi connectivity index (χ3v) is 7.00. The topological polar surface area (TPSA) is 120 Å². The minimum Gasteiger partial charge on any atom is -0.496 e. The molecule has 3 heterocycles. The normalized spacial score (nSPS) is 21.1. The number of carbonyl (C=O) groups is 1. The number of aromatic carboxylic acids is 1. The largest absolute Gasteiger partial charge is 0.496 e. The highest BCUT2D eigenvalue weighted by Gasteiger charge is 2.41. The molecule has 0 amide bonds. The SMILES string of the molecule is COc1ccc(C(=O)O)c(OC)c1[C@H]1C[C@@H](CO)S[C@H]1n1cnc2c(Cl)ncnc21. The van der Waals surface area contributed by atoms with Crippen molar-refractivity contribution in [3.8, 4) is 11.5 Å². The van der Waals surface area contributed by atoms with Gasteiger partial charge in [-0.05, 0) is 18.6 Å². The van der Waals surface area contributed by atoms with Crippen LogP contribution < -0.4 is 9.47 Å². The van der Waals surface area contributed by atoms with Crippen LogP contribution in [-0.4, -0.2) is 61.8 Å². The number of aromatic nitrogens is 4. The van der Waals surface area contributed by atoms with Gasteiger partial charge in [-0.3, -0.25) is 0 Å². The van der Waals surface area contributed by atoms with E-state index in [4.69, 9.17) is 21.1 Å². The molecule has 1 fully saturated rings. The van der Waals surface area contributed by atoms with E-state index in [-0.39, 0.29) is 39.6 Å². The number of hydrogen-bond acceptors (Lipinski definition) is 8. The van der Waals surface area contributed by atoms with Crippen LogP contribution in [0.4, 0.5) is 0 Å². The van der Waals surface area contributed by atoms with Gasteiger partial charge >= 0.3 is 5.97 Å². The van der Waals surface area contributed by atoms with Crippen LogP contribution in [0.25, 0.3) is 11.2 Å². The number of imidazole rings is 1. The standard InChI is InChI=1S/C19H19ClN4O5S/c1-28-12-4-3-10(19(26)27)15(29-2)13(12)11-5-9(6-25)30-18(11)24-8-23-14-16(20)21-7-22-17(14)24/h3-4,7-9,11,18,25H,5-6H2,1-2H3,(H,26,27)/t9-,11+,18+/m0/s1. The van der Waals surface area contributed by atoms with E-state index in [9.17, 15) is 15.0 Å². The monoisotopic (exact) mass is 450 g/mol. The van der Waals surface area contributed by atoms with Crippen molar-refractivity contribution in [2.45, 2.75) is 23.0 Å². The summed E-state index contributed by atoms with van der Waals surface area (Å²) < 4.78 is 13.0. The Hall–Kier alpha value is -2.56. The number of ether oxygens (including phenoxy) is 2. The highest BCUT2D eigenvalue weighted by atomic mass is 35.5. The highest BCUT2D eigenvalue weighted by molar-refractivity contribution is 8.00. The second-order valence-electron chi connectivity index (χ2n) is 6.73. The number of carboxylic acid groups (broad SMARTS) is 1. The number of nitrogens with zero attached hydrogens (tertiary/aromatic N) is 4. The van der Waals surface area contributed by atoms with Gasteiger partial charge in [0.1, 0.15) is 28.9 Å². The first-order valence-electron chi connectivity index (χ1n) is 9.07. The molecule has 3 atom stereocenters. The van der Waals surface area contributed by atoms with Gasteiger partial charge in [0.15, 0.2) is 10.8 Å². The number of aliphatic hydroxyl groups excluding tert-OH is 1. The molecule has 2 aromatic heterocycles. The molecule has 2 N–H and O–H groups in total. The van der Waals surface area contributed by atoms with Crippen molar-refractivity contribution in [1.82, 2.24) is 19.5 Å². The lowest BCUT2D eigenvalue weighted by Crippen LogP contribution is -2.14. The van der Waals surface area contributed by atoms with E-state index in [2.05, 4.69) is 15.0 Å². The number of rotatable bonds is 6. The summed E-state index contributed by atoms with van der Waals surface area (Å²) >= 11 is 7.71.